The van der Waals surface area contributed by atoms with Crippen molar-refractivity contribution < 1.29 is 0 Å². The minimum absolute atomic E-state index is 0.925. The summed E-state index contributed by atoms with van der Waals surface area (Å²) in [6, 6.07) is 30.5. The summed E-state index contributed by atoms with van der Waals surface area (Å²) in [6.45, 7) is 0. The molecule has 0 saturated heterocycles. The molecule has 4 aromatic carbocycles. The monoisotopic (exact) mass is 445 g/mol. The second-order valence-corrected chi connectivity index (χ2v) is 9.76. The Morgan fingerprint density at radius 1 is 0.600 bits per heavy atom. The number of para-hydroxylation sites is 2. The van der Waals surface area contributed by atoms with Crippen molar-refractivity contribution in [3.63, 3.8) is 0 Å². The zero-order valence-electron chi connectivity index (χ0n) is 18.9. The lowest BCUT2D eigenvalue weighted by Gasteiger charge is -2.17. The van der Waals surface area contributed by atoms with Gasteiger partial charge in [-0.25, -0.2) is 4.98 Å². The lowest BCUT2D eigenvalue weighted by atomic mass is 9.88. The second kappa shape index (κ2) is 6.13. The third kappa shape index (κ3) is 2.08. The van der Waals surface area contributed by atoms with E-state index in [9.17, 15) is 0 Å². The molecular formula is C32H19N3. The molecule has 162 valence electrons. The summed E-state index contributed by atoms with van der Waals surface area (Å²) in [5.41, 5.74) is 16.5. The van der Waals surface area contributed by atoms with E-state index in [2.05, 4.69) is 83.3 Å². The minimum atomic E-state index is 0.925. The van der Waals surface area contributed by atoms with E-state index in [4.69, 9.17) is 9.97 Å². The Bertz CT molecular complexity index is 2060. The Morgan fingerprint density at radius 2 is 1.23 bits per heavy atom. The third-order valence-corrected chi connectivity index (χ3v) is 8.06. The summed E-state index contributed by atoms with van der Waals surface area (Å²) in [5.74, 6) is 0. The van der Waals surface area contributed by atoms with Gasteiger partial charge in [0.15, 0.2) is 0 Å². The van der Waals surface area contributed by atoms with E-state index in [0.29, 0.717) is 0 Å². The van der Waals surface area contributed by atoms with Crippen LogP contribution in [0.15, 0.2) is 91.1 Å². The van der Waals surface area contributed by atoms with Crippen molar-refractivity contribution in [1.82, 2.24) is 14.4 Å². The molecule has 0 atom stereocenters. The van der Waals surface area contributed by atoms with Crippen molar-refractivity contribution in [2.75, 3.05) is 0 Å². The zero-order valence-corrected chi connectivity index (χ0v) is 18.9. The molecule has 3 heteroatoms. The first-order valence-electron chi connectivity index (χ1n) is 12.2. The van der Waals surface area contributed by atoms with Crippen molar-refractivity contribution in [1.29, 1.82) is 0 Å². The van der Waals surface area contributed by atoms with Crippen LogP contribution in [0, 0.1) is 0 Å². The molecule has 0 fully saturated rings. The van der Waals surface area contributed by atoms with E-state index in [-0.39, 0.29) is 0 Å². The SMILES string of the molecule is c1ccc2c(c1)Cc1c-2c2c(c3c1c1ncccc1n1c4ccccc4nc31)Cc1ccccc1-2. The van der Waals surface area contributed by atoms with Gasteiger partial charge < -0.3 is 0 Å². The minimum Gasteiger partial charge on any atom is -0.290 e. The van der Waals surface area contributed by atoms with Crippen LogP contribution < -0.4 is 0 Å². The molecule has 0 bridgehead atoms. The predicted molar refractivity (Wildman–Crippen MR) is 142 cm³/mol. The van der Waals surface area contributed by atoms with Crippen molar-refractivity contribution in [3.05, 3.63) is 113 Å². The maximum Gasteiger partial charge on any atom is 0.146 e. The molecule has 0 amide bonds. The number of rotatable bonds is 0. The number of pyridine rings is 2. The van der Waals surface area contributed by atoms with Gasteiger partial charge in [-0.15, -0.1) is 0 Å². The van der Waals surface area contributed by atoms with Crippen molar-refractivity contribution in [2.45, 2.75) is 12.8 Å². The maximum absolute atomic E-state index is 5.24. The van der Waals surface area contributed by atoms with Crippen LogP contribution in [0.4, 0.5) is 0 Å². The number of aromatic nitrogens is 3. The van der Waals surface area contributed by atoms with Crippen LogP contribution in [0.5, 0.6) is 0 Å². The Kier molecular flexibility index (Phi) is 3.14. The Morgan fingerprint density at radius 3 is 2.00 bits per heavy atom. The van der Waals surface area contributed by atoms with E-state index in [0.717, 1.165) is 40.6 Å². The van der Waals surface area contributed by atoms with Gasteiger partial charge in [0.05, 0.1) is 22.1 Å². The first kappa shape index (κ1) is 17.9. The lowest BCUT2D eigenvalue weighted by Crippen LogP contribution is -2.00. The van der Waals surface area contributed by atoms with Crippen LogP contribution in [0.2, 0.25) is 0 Å². The fourth-order valence-corrected chi connectivity index (χ4v) is 6.73. The van der Waals surface area contributed by atoms with Crippen LogP contribution in [0.1, 0.15) is 22.3 Å². The molecule has 7 aromatic rings. The van der Waals surface area contributed by atoms with Crippen LogP contribution in [-0.2, 0) is 12.8 Å². The molecule has 0 spiro atoms. The van der Waals surface area contributed by atoms with Crippen LogP contribution >= 0.6 is 0 Å². The highest BCUT2D eigenvalue weighted by atomic mass is 15.0. The van der Waals surface area contributed by atoms with Crippen molar-refractivity contribution in [3.8, 4) is 22.3 Å². The molecule has 9 rings (SSSR count). The summed E-state index contributed by atoms with van der Waals surface area (Å²) in [5, 5.41) is 2.55. The molecule has 35 heavy (non-hydrogen) atoms. The standard InChI is InChI=1S/C32H19N3/c1-3-10-20-18(8-1)16-22-27(20)28-21-11-4-2-9-19(21)17-23(28)30-29(22)31-26(14-7-15-33-31)35-25-13-6-5-12-24(25)34-32(30)35/h1-15H,16-17H2. The van der Waals surface area contributed by atoms with E-state index in [1.54, 1.807) is 0 Å². The summed E-state index contributed by atoms with van der Waals surface area (Å²) < 4.78 is 2.33. The molecule has 0 N–H and O–H groups in total. The topological polar surface area (TPSA) is 30.2 Å². The normalized spacial score (nSPS) is 13.5. The molecule has 0 aliphatic heterocycles. The van der Waals surface area contributed by atoms with Gasteiger partial charge in [0, 0.05) is 17.0 Å². The molecule has 0 radical (unpaired) electrons. The predicted octanol–water partition coefficient (Wildman–Crippen LogP) is 7.33. The second-order valence-electron chi connectivity index (χ2n) is 9.76. The summed E-state index contributed by atoms with van der Waals surface area (Å²) in [6.07, 6.45) is 3.79. The fraction of sp³-hybridized carbons (Fsp3) is 0.0625. The molecule has 2 aliphatic rings. The van der Waals surface area contributed by atoms with Crippen molar-refractivity contribution >= 4 is 38.5 Å². The molecule has 0 unspecified atom stereocenters. The molecular weight excluding hydrogens is 426 g/mol. The van der Waals surface area contributed by atoms with Gasteiger partial charge in [0.1, 0.15) is 5.65 Å². The van der Waals surface area contributed by atoms with Gasteiger partial charge in [-0.05, 0) is 81.6 Å². The number of fused-ring (bicyclic) bond motifs is 17. The largest absolute Gasteiger partial charge is 0.290 e. The molecule has 3 nitrogen and oxygen atoms in total. The van der Waals surface area contributed by atoms with Crippen LogP contribution in [0.25, 0.3) is 60.7 Å². The average Bonchev–Trinajstić information content (AvgIpc) is 3.59. The third-order valence-electron chi connectivity index (χ3n) is 8.06. The van der Waals surface area contributed by atoms with Gasteiger partial charge in [-0.2, -0.15) is 0 Å². The van der Waals surface area contributed by atoms with Gasteiger partial charge in [-0.3, -0.25) is 9.38 Å². The zero-order chi connectivity index (χ0) is 22.7. The van der Waals surface area contributed by atoms with Gasteiger partial charge in [0.2, 0.25) is 0 Å². The van der Waals surface area contributed by atoms with E-state index >= 15 is 0 Å². The van der Waals surface area contributed by atoms with Gasteiger partial charge in [-0.1, -0.05) is 60.7 Å². The Hall–Kier alpha value is -4.50. The first-order chi connectivity index (χ1) is 17.4. The quantitative estimate of drug-likeness (QED) is 0.229. The lowest BCUT2D eigenvalue weighted by molar-refractivity contribution is 1.24. The first-order valence-corrected chi connectivity index (χ1v) is 12.2. The van der Waals surface area contributed by atoms with Crippen LogP contribution in [-0.4, -0.2) is 14.4 Å². The highest BCUT2D eigenvalue weighted by Gasteiger charge is 2.34. The molecule has 0 saturated carbocycles. The number of imidazole rings is 1. The van der Waals surface area contributed by atoms with Crippen LogP contribution in [0.3, 0.4) is 0 Å². The Balaban J connectivity index is 1.62. The van der Waals surface area contributed by atoms with Crippen molar-refractivity contribution in [2.24, 2.45) is 0 Å². The number of benzene rings is 4. The highest BCUT2D eigenvalue weighted by Crippen LogP contribution is 2.54. The van der Waals surface area contributed by atoms with Gasteiger partial charge in [0.25, 0.3) is 0 Å². The molecule has 2 aliphatic carbocycles. The highest BCUT2D eigenvalue weighted by molar-refractivity contribution is 6.20. The summed E-state index contributed by atoms with van der Waals surface area (Å²) in [4.78, 5) is 10.3. The fourth-order valence-electron chi connectivity index (χ4n) is 6.73. The number of hydrogen-bond donors (Lipinski definition) is 0. The average molecular weight is 446 g/mol. The summed E-state index contributed by atoms with van der Waals surface area (Å²) >= 11 is 0. The van der Waals surface area contributed by atoms with Gasteiger partial charge >= 0.3 is 0 Å². The summed E-state index contributed by atoms with van der Waals surface area (Å²) in [7, 11) is 0. The van der Waals surface area contributed by atoms with E-state index in [1.807, 2.05) is 12.3 Å². The number of hydrogen-bond acceptors (Lipinski definition) is 2. The van der Waals surface area contributed by atoms with E-state index in [1.165, 1.54) is 55.3 Å². The number of nitrogens with zero attached hydrogens (tertiary/aromatic N) is 3. The molecule has 3 aromatic heterocycles. The maximum atomic E-state index is 5.24. The molecule has 3 heterocycles. The Labute approximate surface area is 201 Å². The van der Waals surface area contributed by atoms with E-state index < -0.39 is 0 Å². The smallest absolute Gasteiger partial charge is 0.146 e.